The summed E-state index contributed by atoms with van der Waals surface area (Å²) in [6, 6.07) is 0. The quantitative estimate of drug-likeness (QED) is 0.691. The SMILES string of the molecule is CSCCCN1CC[C@]2(CCCN(CC3CCCCC3)C2=O)C1. The van der Waals surface area contributed by atoms with Crippen LogP contribution in [0.15, 0.2) is 0 Å². The number of carbonyl (C=O) groups excluding carboxylic acids is 1. The van der Waals surface area contributed by atoms with Gasteiger partial charge in [-0.3, -0.25) is 4.79 Å². The average Bonchev–Trinajstić information content (AvgIpc) is 2.97. The molecule has 1 aliphatic carbocycles. The smallest absolute Gasteiger partial charge is 0.230 e. The fourth-order valence-electron chi connectivity index (χ4n) is 4.97. The molecule has 3 fully saturated rings. The van der Waals surface area contributed by atoms with Gasteiger partial charge in [-0.1, -0.05) is 19.3 Å². The van der Waals surface area contributed by atoms with Gasteiger partial charge >= 0.3 is 0 Å². The van der Waals surface area contributed by atoms with Crippen LogP contribution in [0, 0.1) is 11.3 Å². The van der Waals surface area contributed by atoms with Gasteiger partial charge in [-0.15, -0.1) is 0 Å². The molecule has 2 saturated heterocycles. The Morgan fingerprint density at radius 3 is 2.74 bits per heavy atom. The number of nitrogens with zero attached hydrogens (tertiary/aromatic N) is 2. The van der Waals surface area contributed by atoms with Crippen LogP contribution in [0.1, 0.15) is 57.8 Å². The summed E-state index contributed by atoms with van der Waals surface area (Å²) in [4.78, 5) is 18.0. The van der Waals surface area contributed by atoms with E-state index in [1.54, 1.807) is 0 Å². The molecule has 1 amide bonds. The van der Waals surface area contributed by atoms with Crippen molar-refractivity contribution in [3.8, 4) is 0 Å². The van der Waals surface area contributed by atoms with E-state index in [2.05, 4.69) is 16.1 Å². The minimum atomic E-state index is -0.0216. The van der Waals surface area contributed by atoms with E-state index in [9.17, 15) is 4.79 Å². The molecule has 3 aliphatic rings. The number of amides is 1. The first-order valence-corrected chi connectivity index (χ1v) is 11.1. The summed E-state index contributed by atoms with van der Waals surface area (Å²) < 4.78 is 0. The van der Waals surface area contributed by atoms with Crippen LogP contribution in [0.4, 0.5) is 0 Å². The predicted molar refractivity (Wildman–Crippen MR) is 98.9 cm³/mol. The molecule has 0 N–H and O–H groups in total. The van der Waals surface area contributed by atoms with Gasteiger partial charge in [0.25, 0.3) is 0 Å². The molecule has 2 heterocycles. The predicted octanol–water partition coefficient (Wildman–Crippen LogP) is 3.63. The summed E-state index contributed by atoms with van der Waals surface area (Å²) in [7, 11) is 0. The van der Waals surface area contributed by atoms with Crippen LogP contribution in [0.25, 0.3) is 0 Å². The topological polar surface area (TPSA) is 23.6 Å². The normalized spacial score (nSPS) is 30.5. The van der Waals surface area contributed by atoms with Crippen molar-refractivity contribution in [3.63, 3.8) is 0 Å². The van der Waals surface area contributed by atoms with E-state index in [1.807, 2.05) is 11.8 Å². The zero-order chi connectivity index (χ0) is 16.1. The van der Waals surface area contributed by atoms with Gasteiger partial charge in [-0.05, 0) is 69.5 Å². The zero-order valence-corrected chi connectivity index (χ0v) is 15.7. The molecule has 2 aliphatic heterocycles. The molecule has 132 valence electrons. The van der Waals surface area contributed by atoms with Crippen LogP contribution in [0.3, 0.4) is 0 Å². The van der Waals surface area contributed by atoms with Crippen molar-refractivity contribution >= 4 is 17.7 Å². The van der Waals surface area contributed by atoms with E-state index in [0.29, 0.717) is 5.91 Å². The Kier molecular flexibility index (Phi) is 6.31. The third-order valence-electron chi connectivity index (χ3n) is 6.28. The maximum absolute atomic E-state index is 13.2. The van der Waals surface area contributed by atoms with Crippen molar-refractivity contribution in [1.29, 1.82) is 0 Å². The summed E-state index contributed by atoms with van der Waals surface area (Å²) in [6.45, 7) is 5.41. The Morgan fingerprint density at radius 1 is 1.13 bits per heavy atom. The standard InChI is InChI=1S/C19H34N2OS/c1-23-14-6-11-20-13-10-19(16-20)9-5-12-21(18(19)22)15-17-7-3-2-4-8-17/h17H,2-16H2,1H3/t19-/m1/s1. The Hall–Kier alpha value is -0.220. The Labute approximate surface area is 146 Å². The molecular formula is C19H34N2OS. The maximum atomic E-state index is 13.2. The Balaban J connectivity index is 1.54. The highest BCUT2D eigenvalue weighted by Gasteiger charge is 2.48. The number of rotatable bonds is 6. The third kappa shape index (κ3) is 4.25. The van der Waals surface area contributed by atoms with Gasteiger partial charge in [-0.2, -0.15) is 11.8 Å². The molecule has 23 heavy (non-hydrogen) atoms. The lowest BCUT2D eigenvalue weighted by Crippen LogP contribution is -2.51. The second-order valence-electron chi connectivity index (χ2n) is 8.01. The minimum Gasteiger partial charge on any atom is -0.342 e. The van der Waals surface area contributed by atoms with Crippen LogP contribution >= 0.6 is 11.8 Å². The number of thioether (sulfide) groups is 1. The van der Waals surface area contributed by atoms with E-state index in [-0.39, 0.29) is 5.41 Å². The lowest BCUT2D eigenvalue weighted by Gasteiger charge is -2.41. The number of piperidine rings is 1. The van der Waals surface area contributed by atoms with Gasteiger partial charge in [0.05, 0.1) is 5.41 Å². The molecule has 0 aromatic carbocycles. The monoisotopic (exact) mass is 338 g/mol. The van der Waals surface area contributed by atoms with Crippen LogP contribution in [-0.4, -0.2) is 60.4 Å². The Morgan fingerprint density at radius 2 is 1.96 bits per heavy atom. The van der Waals surface area contributed by atoms with Gasteiger partial charge in [-0.25, -0.2) is 0 Å². The fourth-order valence-corrected chi connectivity index (χ4v) is 5.39. The second kappa shape index (κ2) is 8.24. The lowest BCUT2D eigenvalue weighted by atomic mass is 9.77. The van der Waals surface area contributed by atoms with Crippen LogP contribution in [0.5, 0.6) is 0 Å². The third-order valence-corrected chi connectivity index (χ3v) is 6.98. The van der Waals surface area contributed by atoms with Crippen molar-refractivity contribution in [2.24, 2.45) is 11.3 Å². The lowest BCUT2D eigenvalue weighted by molar-refractivity contribution is -0.146. The first kappa shape index (κ1) is 17.6. The molecule has 0 bridgehead atoms. The highest BCUT2D eigenvalue weighted by atomic mass is 32.2. The molecule has 0 radical (unpaired) electrons. The highest BCUT2D eigenvalue weighted by molar-refractivity contribution is 7.98. The van der Waals surface area contributed by atoms with Crippen molar-refractivity contribution in [2.75, 3.05) is 44.7 Å². The van der Waals surface area contributed by atoms with Crippen molar-refractivity contribution in [2.45, 2.75) is 57.8 Å². The zero-order valence-electron chi connectivity index (χ0n) is 14.9. The van der Waals surface area contributed by atoms with Crippen molar-refractivity contribution in [3.05, 3.63) is 0 Å². The Bertz CT molecular complexity index is 397. The summed E-state index contributed by atoms with van der Waals surface area (Å²) in [5.41, 5.74) is -0.0216. The van der Waals surface area contributed by atoms with E-state index >= 15 is 0 Å². The molecular weight excluding hydrogens is 304 g/mol. The highest BCUT2D eigenvalue weighted by Crippen LogP contribution is 2.40. The van der Waals surface area contributed by atoms with Gasteiger partial charge in [0.1, 0.15) is 0 Å². The summed E-state index contributed by atoms with van der Waals surface area (Å²) in [6.07, 6.45) is 13.7. The van der Waals surface area contributed by atoms with Gasteiger partial charge in [0, 0.05) is 19.6 Å². The molecule has 3 rings (SSSR count). The largest absolute Gasteiger partial charge is 0.342 e. The van der Waals surface area contributed by atoms with Crippen LogP contribution in [-0.2, 0) is 4.79 Å². The number of hydrogen-bond acceptors (Lipinski definition) is 3. The fraction of sp³-hybridized carbons (Fsp3) is 0.947. The van der Waals surface area contributed by atoms with E-state index in [1.165, 1.54) is 57.2 Å². The first-order valence-electron chi connectivity index (χ1n) is 9.74. The van der Waals surface area contributed by atoms with E-state index in [0.717, 1.165) is 44.9 Å². The average molecular weight is 339 g/mol. The van der Waals surface area contributed by atoms with Crippen molar-refractivity contribution in [1.82, 2.24) is 9.80 Å². The molecule has 0 aromatic rings. The van der Waals surface area contributed by atoms with Crippen LogP contribution < -0.4 is 0 Å². The molecule has 3 nitrogen and oxygen atoms in total. The summed E-state index contributed by atoms with van der Waals surface area (Å²) in [5.74, 6) is 2.52. The first-order chi connectivity index (χ1) is 11.2. The van der Waals surface area contributed by atoms with E-state index < -0.39 is 0 Å². The van der Waals surface area contributed by atoms with E-state index in [4.69, 9.17) is 0 Å². The van der Waals surface area contributed by atoms with Crippen LogP contribution in [0.2, 0.25) is 0 Å². The summed E-state index contributed by atoms with van der Waals surface area (Å²) >= 11 is 1.93. The van der Waals surface area contributed by atoms with Gasteiger partial charge in [0.15, 0.2) is 0 Å². The van der Waals surface area contributed by atoms with Gasteiger partial charge < -0.3 is 9.80 Å². The molecule has 0 unspecified atom stereocenters. The molecule has 1 atom stereocenters. The minimum absolute atomic E-state index is 0.0216. The van der Waals surface area contributed by atoms with Crippen molar-refractivity contribution < 1.29 is 4.79 Å². The van der Waals surface area contributed by atoms with Gasteiger partial charge in [0.2, 0.25) is 5.91 Å². The second-order valence-corrected chi connectivity index (χ2v) is 9.00. The molecule has 1 saturated carbocycles. The number of likely N-dealkylation sites (tertiary alicyclic amines) is 2. The number of hydrogen-bond donors (Lipinski definition) is 0. The molecule has 4 heteroatoms. The number of carbonyl (C=O) groups is 1. The molecule has 1 spiro atoms. The summed E-state index contributed by atoms with van der Waals surface area (Å²) in [5, 5.41) is 0. The maximum Gasteiger partial charge on any atom is 0.230 e. The molecule has 0 aromatic heterocycles.